The molecule has 0 saturated carbocycles. The number of carbonyl (C=O) groups is 1. The van der Waals surface area contributed by atoms with Gasteiger partial charge in [0.25, 0.3) is 5.91 Å². The van der Waals surface area contributed by atoms with Crippen molar-refractivity contribution in [3.63, 3.8) is 0 Å². The smallest absolute Gasteiger partial charge is 0.254 e. The molecule has 31 heavy (non-hydrogen) atoms. The summed E-state index contributed by atoms with van der Waals surface area (Å²) in [5, 5.41) is 6.68. The number of halogens is 1. The van der Waals surface area contributed by atoms with Gasteiger partial charge in [-0.2, -0.15) is 5.10 Å². The van der Waals surface area contributed by atoms with Crippen LogP contribution < -0.4 is 5.73 Å². The van der Waals surface area contributed by atoms with Gasteiger partial charge in [-0.25, -0.2) is 14.5 Å². The van der Waals surface area contributed by atoms with Gasteiger partial charge in [-0.3, -0.25) is 4.79 Å². The lowest BCUT2D eigenvalue weighted by Gasteiger charge is -2.35. The molecular weight excluding hydrogens is 432 g/mol. The molecule has 1 amide bonds. The van der Waals surface area contributed by atoms with E-state index in [-0.39, 0.29) is 17.1 Å². The van der Waals surface area contributed by atoms with Crippen molar-refractivity contribution in [2.24, 2.45) is 5.73 Å². The zero-order valence-corrected chi connectivity index (χ0v) is 18.3. The number of hydrogen-bond acceptors (Lipinski definition) is 6. The third-order valence-electron chi connectivity index (χ3n) is 5.62. The van der Waals surface area contributed by atoms with E-state index in [4.69, 9.17) is 22.3 Å². The number of thiophene rings is 1. The summed E-state index contributed by atoms with van der Waals surface area (Å²) >= 11 is 7.96. The zero-order valence-electron chi connectivity index (χ0n) is 16.7. The van der Waals surface area contributed by atoms with Gasteiger partial charge in [0.15, 0.2) is 5.65 Å². The number of piperidine rings is 1. The first-order valence-electron chi connectivity index (χ1n) is 10.2. The zero-order chi connectivity index (χ0) is 21.4. The molecule has 5 rings (SSSR count). The summed E-state index contributed by atoms with van der Waals surface area (Å²) in [7, 11) is 0. The summed E-state index contributed by atoms with van der Waals surface area (Å²) in [5.41, 5.74) is 9.24. The van der Waals surface area contributed by atoms with Gasteiger partial charge in [-0.05, 0) is 48.9 Å². The summed E-state index contributed by atoms with van der Waals surface area (Å²) in [6.45, 7) is 1.17. The van der Waals surface area contributed by atoms with E-state index in [0.29, 0.717) is 30.0 Å². The van der Waals surface area contributed by atoms with Crippen molar-refractivity contribution < 1.29 is 4.79 Å². The fourth-order valence-corrected chi connectivity index (χ4v) is 4.95. The maximum absolute atomic E-state index is 13.3. The van der Waals surface area contributed by atoms with Crippen molar-refractivity contribution in [1.82, 2.24) is 24.5 Å². The highest BCUT2D eigenvalue weighted by molar-refractivity contribution is 7.13. The molecule has 4 aromatic rings. The van der Waals surface area contributed by atoms with Crippen LogP contribution >= 0.6 is 22.9 Å². The predicted octanol–water partition coefficient (Wildman–Crippen LogP) is 4.13. The topological polar surface area (TPSA) is 89.4 Å². The van der Waals surface area contributed by atoms with E-state index in [1.54, 1.807) is 34.2 Å². The molecule has 5 heterocycles. The summed E-state index contributed by atoms with van der Waals surface area (Å²) in [6.07, 6.45) is 6.58. The number of nitrogens with two attached hydrogens (primary N) is 1. The monoisotopic (exact) mass is 452 g/mol. The lowest BCUT2D eigenvalue weighted by molar-refractivity contribution is 0.0623. The largest absolute Gasteiger partial charge is 0.334 e. The van der Waals surface area contributed by atoms with Crippen molar-refractivity contribution in [2.75, 3.05) is 13.1 Å². The Hall–Kier alpha value is -2.81. The number of aromatic nitrogens is 4. The molecule has 0 aliphatic carbocycles. The molecule has 1 unspecified atom stereocenters. The van der Waals surface area contributed by atoms with Gasteiger partial charge in [0.05, 0.1) is 28.0 Å². The molecule has 0 radical (unpaired) electrons. The van der Waals surface area contributed by atoms with Gasteiger partial charge >= 0.3 is 0 Å². The van der Waals surface area contributed by atoms with E-state index in [9.17, 15) is 4.79 Å². The predicted molar refractivity (Wildman–Crippen MR) is 122 cm³/mol. The maximum Gasteiger partial charge on any atom is 0.254 e. The van der Waals surface area contributed by atoms with Crippen LogP contribution in [0.4, 0.5) is 0 Å². The number of nitrogens with zero attached hydrogens (tertiary/aromatic N) is 5. The standard InChI is InChI=1S/C22H21ClN6OS/c23-20-11-14(22(30)28-7-2-1-4-15(28)12-24)10-18(26-20)16-13-25-29-8-6-17(27-21(16)29)19-5-3-9-31-19/h3,5-6,8-11,13,15H,1-2,4,7,12,24H2. The van der Waals surface area contributed by atoms with E-state index in [2.05, 4.69) is 10.1 Å². The summed E-state index contributed by atoms with van der Waals surface area (Å²) in [4.78, 5) is 25.5. The van der Waals surface area contributed by atoms with E-state index in [1.165, 1.54) is 0 Å². The molecule has 1 atom stereocenters. The van der Waals surface area contributed by atoms with Crippen LogP contribution in [0.3, 0.4) is 0 Å². The second kappa shape index (κ2) is 8.37. The molecule has 9 heteroatoms. The van der Waals surface area contributed by atoms with Crippen LogP contribution in [-0.2, 0) is 0 Å². The number of carbonyl (C=O) groups excluding carboxylic acids is 1. The quantitative estimate of drug-likeness (QED) is 0.470. The van der Waals surface area contributed by atoms with Crippen molar-refractivity contribution in [3.05, 3.63) is 58.8 Å². The number of rotatable bonds is 4. The molecule has 0 aromatic carbocycles. The average Bonchev–Trinajstić information content (AvgIpc) is 3.48. The molecule has 1 fully saturated rings. The number of hydrogen-bond donors (Lipinski definition) is 1. The second-order valence-electron chi connectivity index (χ2n) is 7.56. The molecule has 1 aliphatic rings. The van der Waals surface area contributed by atoms with Crippen molar-refractivity contribution in [1.29, 1.82) is 0 Å². The summed E-state index contributed by atoms with van der Waals surface area (Å²) in [5.74, 6) is -0.0654. The van der Waals surface area contributed by atoms with Crippen LogP contribution in [0.1, 0.15) is 29.6 Å². The molecule has 2 N–H and O–H groups in total. The van der Waals surface area contributed by atoms with Crippen LogP contribution in [0, 0.1) is 0 Å². The Morgan fingerprint density at radius 3 is 2.94 bits per heavy atom. The first-order chi connectivity index (χ1) is 15.1. The Labute approximate surface area is 188 Å². The van der Waals surface area contributed by atoms with Gasteiger partial charge < -0.3 is 10.6 Å². The van der Waals surface area contributed by atoms with E-state index >= 15 is 0 Å². The van der Waals surface area contributed by atoms with Gasteiger partial charge in [0.1, 0.15) is 5.15 Å². The van der Waals surface area contributed by atoms with E-state index < -0.39 is 0 Å². The molecule has 0 spiro atoms. The number of likely N-dealkylation sites (tertiary alicyclic amines) is 1. The molecule has 7 nitrogen and oxygen atoms in total. The van der Waals surface area contributed by atoms with Gasteiger partial charge in [0, 0.05) is 30.9 Å². The SMILES string of the molecule is NCC1CCCCN1C(=O)c1cc(Cl)nc(-c2cnn3ccc(-c4cccs4)nc23)c1. The first-order valence-corrected chi connectivity index (χ1v) is 11.5. The highest BCUT2D eigenvalue weighted by Gasteiger charge is 2.27. The average molecular weight is 453 g/mol. The minimum Gasteiger partial charge on any atom is -0.334 e. The van der Waals surface area contributed by atoms with Crippen LogP contribution in [0.5, 0.6) is 0 Å². The fraction of sp³-hybridized carbons (Fsp3) is 0.273. The molecule has 1 saturated heterocycles. The van der Waals surface area contributed by atoms with Crippen molar-refractivity contribution in [3.8, 4) is 21.8 Å². The lowest BCUT2D eigenvalue weighted by atomic mass is 10.0. The normalized spacial score (nSPS) is 16.7. The highest BCUT2D eigenvalue weighted by atomic mass is 35.5. The fourth-order valence-electron chi connectivity index (χ4n) is 4.05. The minimum absolute atomic E-state index is 0.0589. The van der Waals surface area contributed by atoms with Crippen LogP contribution in [0.2, 0.25) is 5.15 Å². The summed E-state index contributed by atoms with van der Waals surface area (Å²) in [6, 6.07) is 9.40. The Balaban J connectivity index is 1.55. The van der Waals surface area contributed by atoms with Gasteiger partial charge in [-0.1, -0.05) is 17.7 Å². The van der Waals surface area contributed by atoms with Crippen LogP contribution in [0.25, 0.3) is 27.5 Å². The van der Waals surface area contributed by atoms with E-state index in [1.807, 2.05) is 34.7 Å². The molecule has 0 bridgehead atoms. The molecule has 4 aromatic heterocycles. The third-order valence-corrected chi connectivity index (χ3v) is 6.71. The van der Waals surface area contributed by atoms with Crippen LogP contribution in [0.15, 0.2) is 48.1 Å². The summed E-state index contributed by atoms with van der Waals surface area (Å²) < 4.78 is 1.70. The highest BCUT2D eigenvalue weighted by Crippen LogP contribution is 2.29. The second-order valence-corrected chi connectivity index (χ2v) is 8.90. The minimum atomic E-state index is -0.0654. The molecule has 1 aliphatic heterocycles. The van der Waals surface area contributed by atoms with Crippen molar-refractivity contribution in [2.45, 2.75) is 25.3 Å². The van der Waals surface area contributed by atoms with Crippen molar-refractivity contribution >= 4 is 34.5 Å². The van der Waals surface area contributed by atoms with Gasteiger partial charge in [0.2, 0.25) is 0 Å². The van der Waals surface area contributed by atoms with Gasteiger partial charge in [-0.15, -0.1) is 11.3 Å². The Bertz CT molecular complexity index is 1240. The number of amides is 1. The van der Waals surface area contributed by atoms with Crippen LogP contribution in [-0.4, -0.2) is 49.5 Å². The lowest BCUT2D eigenvalue weighted by Crippen LogP contribution is -2.47. The number of pyridine rings is 1. The first kappa shape index (κ1) is 20.1. The molecular formula is C22H21ClN6OS. The Kier molecular flexibility index (Phi) is 5.43. The molecule has 158 valence electrons. The Morgan fingerprint density at radius 2 is 2.13 bits per heavy atom. The number of fused-ring (bicyclic) bond motifs is 1. The maximum atomic E-state index is 13.3. The third kappa shape index (κ3) is 3.82. The van der Waals surface area contributed by atoms with E-state index in [0.717, 1.165) is 35.4 Å². The Morgan fingerprint density at radius 1 is 1.23 bits per heavy atom.